The summed E-state index contributed by atoms with van der Waals surface area (Å²) in [4.78, 5) is 29.2. The Balaban J connectivity index is 2.11. The minimum absolute atomic E-state index is 0.0109. The molecule has 1 heterocycles. The van der Waals surface area contributed by atoms with E-state index in [1.165, 1.54) is 29.2 Å². The van der Waals surface area contributed by atoms with Crippen molar-refractivity contribution in [2.75, 3.05) is 33.8 Å². The van der Waals surface area contributed by atoms with Gasteiger partial charge in [0.1, 0.15) is 23.9 Å². The first-order valence-corrected chi connectivity index (χ1v) is 10.3. The van der Waals surface area contributed by atoms with Crippen molar-refractivity contribution in [3.05, 3.63) is 83.2 Å². The average Bonchev–Trinajstić information content (AvgIpc) is 3.01. The van der Waals surface area contributed by atoms with Crippen LogP contribution in [0.2, 0.25) is 0 Å². The van der Waals surface area contributed by atoms with Gasteiger partial charge < -0.3 is 19.6 Å². The van der Waals surface area contributed by atoms with Gasteiger partial charge in [0.2, 0.25) is 0 Å². The quantitative estimate of drug-likeness (QED) is 0.295. The number of aryl methyl sites for hydroxylation is 1. The van der Waals surface area contributed by atoms with Gasteiger partial charge in [-0.15, -0.1) is 0 Å². The van der Waals surface area contributed by atoms with Gasteiger partial charge in [-0.05, 0) is 62.5 Å². The molecule has 0 bridgehead atoms. The van der Waals surface area contributed by atoms with E-state index in [9.17, 15) is 19.1 Å². The van der Waals surface area contributed by atoms with Gasteiger partial charge in [-0.25, -0.2) is 4.39 Å². The molecule has 2 aromatic carbocycles. The standard InChI is InChI=1S/C25H27FN2O4/c1-5-14-32-19-10-11-20(16(2)15-19)23(29)21-22(17-6-8-18(26)9-7-17)28(13-12-27(3)4)25(31)24(21)30/h5-11,15,22,29H,1,12-14H2,2-4H3/t22-/m1/s1. The lowest BCUT2D eigenvalue weighted by Crippen LogP contribution is -2.35. The van der Waals surface area contributed by atoms with Gasteiger partial charge in [0.25, 0.3) is 11.7 Å². The van der Waals surface area contributed by atoms with Gasteiger partial charge in [-0.2, -0.15) is 0 Å². The molecule has 3 rings (SSSR count). The fourth-order valence-corrected chi connectivity index (χ4v) is 3.70. The molecule has 1 amide bonds. The Labute approximate surface area is 187 Å². The van der Waals surface area contributed by atoms with Crippen LogP contribution in [0.3, 0.4) is 0 Å². The Morgan fingerprint density at radius 1 is 1.22 bits per heavy atom. The number of likely N-dealkylation sites (tertiary alicyclic amines) is 1. The van der Waals surface area contributed by atoms with Crippen molar-refractivity contribution in [3.8, 4) is 5.75 Å². The van der Waals surface area contributed by atoms with E-state index < -0.39 is 23.5 Å². The summed E-state index contributed by atoms with van der Waals surface area (Å²) in [6, 6.07) is 9.87. The van der Waals surface area contributed by atoms with Gasteiger partial charge in [0, 0.05) is 18.7 Å². The second kappa shape index (κ2) is 9.78. The van der Waals surface area contributed by atoms with Crippen LogP contribution in [0.25, 0.3) is 5.76 Å². The normalized spacial score (nSPS) is 17.8. The van der Waals surface area contributed by atoms with Gasteiger partial charge >= 0.3 is 0 Å². The van der Waals surface area contributed by atoms with Crippen LogP contribution in [-0.4, -0.2) is 60.4 Å². The van der Waals surface area contributed by atoms with Crippen LogP contribution in [0.1, 0.15) is 22.7 Å². The Hall–Kier alpha value is -3.45. The lowest BCUT2D eigenvalue weighted by molar-refractivity contribution is -0.140. The highest BCUT2D eigenvalue weighted by Gasteiger charge is 2.46. The molecule has 7 heteroatoms. The minimum Gasteiger partial charge on any atom is -0.507 e. The summed E-state index contributed by atoms with van der Waals surface area (Å²) in [7, 11) is 3.73. The molecule has 1 N–H and O–H groups in total. The van der Waals surface area contributed by atoms with Crippen molar-refractivity contribution < 1.29 is 23.8 Å². The van der Waals surface area contributed by atoms with E-state index in [0.717, 1.165) is 0 Å². The molecule has 1 atom stereocenters. The van der Waals surface area contributed by atoms with Crippen LogP contribution in [0.4, 0.5) is 4.39 Å². The molecule has 0 unspecified atom stereocenters. The molecule has 0 spiro atoms. The van der Waals surface area contributed by atoms with E-state index in [4.69, 9.17) is 4.74 Å². The molecule has 0 aromatic heterocycles. The summed E-state index contributed by atoms with van der Waals surface area (Å²) < 4.78 is 19.1. The molecule has 168 valence electrons. The Morgan fingerprint density at radius 2 is 1.91 bits per heavy atom. The number of aliphatic hydroxyl groups excluding tert-OH is 1. The Bertz CT molecular complexity index is 1060. The number of Topliss-reactive ketones (excluding diaryl/α,β-unsaturated/α-hetero) is 1. The number of ketones is 1. The highest BCUT2D eigenvalue weighted by atomic mass is 19.1. The van der Waals surface area contributed by atoms with Crippen LogP contribution in [0.5, 0.6) is 5.75 Å². The number of benzene rings is 2. The second-order valence-electron chi connectivity index (χ2n) is 7.92. The number of carbonyl (C=O) groups is 2. The highest BCUT2D eigenvalue weighted by Crippen LogP contribution is 2.40. The van der Waals surface area contributed by atoms with Crippen molar-refractivity contribution in [1.82, 2.24) is 9.80 Å². The first-order valence-electron chi connectivity index (χ1n) is 10.3. The number of aliphatic hydroxyl groups is 1. The van der Waals surface area contributed by atoms with E-state index in [1.807, 2.05) is 19.0 Å². The zero-order chi connectivity index (χ0) is 23.4. The zero-order valence-electron chi connectivity index (χ0n) is 18.5. The fourth-order valence-electron chi connectivity index (χ4n) is 3.70. The molecule has 1 saturated heterocycles. The lowest BCUT2D eigenvalue weighted by atomic mass is 9.94. The number of amides is 1. The second-order valence-corrected chi connectivity index (χ2v) is 7.92. The van der Waals surface area contributed by atoms with E-state index in [1.54, 1.807) is 31.2 Å². The summed E-state index contributed by atoms with van der Waals surface area (Å²) in [6.45, 7) is 6.54. The number of nitrogens with zero attached hydrogens (tertiary/aromatic N) is 2. The first-order chi connectivity index (χ1) is 15.2. The van der Waals surface area contributed by atoms with E-state index in [0.29, 0.717) is 35.6 Å². The van der Waals surface area contributed by atoms with Crippen LogP contribution in [0, 0.1) is 12.7 Å². The summed E-state index contributed by atoms with van der Waals surface area (Å²) >= 11 is 0. The number of ether oxygens (including phenoxy) is 1. The lowest BCUT2D eigenvalue weighted by Gasteiger charge is -2.26. The Morgan fingerprint density at radius 3 is 2.50 bits per heavy atom. The smallest absolute Gasteiger partial charge is 0.295 e. The molecule has 1 fully saturated rings. The highest BCUT2D eigenvalue weighted by molar-refractivity contribution is 6.46. The average molecular weight is 438 g/mol. The van der Waals surface area contributed by atoms with Crippen molar-refractivity contribution in [2.24, 2.45) is 0 Å². The zero-order valence-corrected chi connectivity index (χ0v) is 18.5. The SMILES string of the molecule is C=CCOc1ccc(C(O)=C2C(=O)C(=O)N(CCN(C)C)[C@@H]2c2ccc(F)cc2)c(C)c1. The molecular formula is C25H27FN2O4. The third kappa shape index (κ3) is 4.73. The maximum Gasteiger partial charge on any atom is 0.295 e. The number of rotatable bonds is 8. The van der Waals surface area contributed by atoms with Gasteiger partial charge in [0.05, 0.1) is 11.6 Å². The molecule has 0 saturated carbocycles. The molecular weight excluding hydrogens is 411 g/mol. The van der Waals surface area contributed by atoms with Gasteiger partial charge in [-0.3, -0.25) is 9.59 Å². The number of halogens is 1. The predicted octanol–water partition coefficient (Wildman–Crippen LogP) is 3.68. The molecule has 32 heavy (non-hydrogen) atoms. The maximum absolute atomic E-state index is 13.5. The summed E-state index contributed by atoms with van der Waals surface area (Å²) in [6.07, 6.45) is 1.63. The van der Waals surface area contributed by atoms with Gasteiger partial charge in [-0.1, -0.05) is 24.8 Å². The number of hydrogen-bond donors (Lipinski definition) is 1. The van der Waals surface area contributed by atoms with E-state index in [2.05, 4.69) is 6.58 Å². The molecule has 6 nitrogen and oxygen atoms in total. The largest absolute Gasteiger partial charge is 0.507 e. The summed E-state index contributed by atoms with van der Waals surface area (Å²) in [5.74, 6) is -1.54. The van der Waals surface area contributed by atoms with E-state index >= 15 is 0 Å². The van der Waals surface area contributed by atoms with Crippen LogP contribution in [-0.2, 0) is 9.59 Å². The summed E-state index contributed by atoms with van der Waals surface area (Å²) in [5.41, 5.74) is 1.65. The summed E-state index contributed by atoms with van der Waals surface area (Å²) in [5, 5.41) is 11.2. The Kier molecular flexibility index (Phi) is 7.10. The van der Waals surface area contributed by atoms with Crippen molar-refractivity contribution in [3.63, 3.8) is 0 Å². The molecule has 1 aliphatic heterocycles. The maximum atomic E-state index is 13.5. The van der Waals surface area contributed by atoms with Crippen LogP contribution >= 0.6 is 0 Å². The number of hydrogen-bond acceptors (Lipinski definition) is 5. The topological polar surface area (TPSA) is 70.1 Å². The fraction of sp³-hybridized carbons (Fsp3) is 0.280. The van der Waals surface area contributed by atoms with Crippen LogP contribution in [0.15, 0.2) is 60.7 Å². The monoisotopic (exact) mass is 438 g/mol. The number of carbonyl (C=O) groups excluding carboxylic acids is 2. The third-order valence-corrected chi connectivity index (χ3v) is 5.33. The molecule has 0 radical (unpaired) electrons. The molecule has 0 aliphatic carbocycles. The third-order valence-electron chi connectivity index (χ3n) is 5.33. The van der Waals surface area contributed by atoms with Crippen molar-refractivity contribution in [2.45, 2.75) is 13.0 Å². The van der Waals surface area contributed by atoms with Crippen molar-refractivity contribution in [1.29, 1.82) is 0 Å². The van der Waals surface area contributed by atoms with Crippen molar-refractivity contribution >= 4 is 17.4 Å². The van der Waals surface area contributed by atoms with Crippen LogP contribution < -0.4 is 4.74 Å². The predicted molar refractivity (Wildman–Crippen MR) is 121 cm³/mol. The molecule has 1 aliphatic rings. The first kappa shape index (κ1) is 23.2. The molecule has 2 aromatic rings. The minimum atomic E-state index is -0.813. The van der Waals surface area contributed by atoms with Gasteiger partial charge in [0.15, 0.2) is 0 Å². The number of likely N-dealkylation sites (N-methyl/N-ethyl adjacent to an activating group) is 1. The van der Waals surface area contributed by atoms with E-state index in [-0.39, 0.29) is 17.9 Å².